The zero-order chi connectivity index (χ0) is 17.0. The van der Waals surface area contributed by atoms with Gasteiger partial charge in [0.15, 0.2) is 0 Å². The minimum absolute atomic E-state index is 0.0258. The molecule has 0 saturated carbocycles. The highest BCUT2D eigenvalue weighted by Crippen LogP contribution is 2.23. The normalized spacial score (nSPS) is 19.3. The van der Waals surface area contributed by atoms with Crippen LogP contribution in [0.25, 0.3) is 0 Å². The number of hydrogen-bond donors (Lipinski definition) is 0. The number of carbonyl (C=O) groups is 2. The van der Waals surface area contributed by atoms with Crippen molar-refractivity contribution in [2.24, 2.45) is 0 Å². The Labute approximate surface area is 138 Å². The van der Waals surface area contributed by atoms with Gasteiger partial charge < -0.3 is 9.64 Å². The Balaban J connectivity index is 2.04. The average Bonchev–Trinajstić information content (AvgIpc) is 2.52. The van der Waals surface area contributed by atoms with Gasteiger partial charge in [0.2, 0.25) is 5.91 Å². The van der Waals surface area contributed by atoms with Gasteiger partial charge >= 0.3 is 5.97 Å². The van der Waals surface area contributed by atoms with Gasteiger partial charge in [-0.25, -0.2) is 0 Å². The number of nitrogens with zero attached hydrogens (tertiary/aromatic N) is 2. The third-order valence-electron chi connectivity index (χ3n) is 4.29. The van der Waals surface area contributed by atoms with Crippen LogP contribution in [0.5, 0.6) is 0 Å². The van der Waals surface area contributed by atoms with Crippen molar-refractivity contribution in [2.75, 3.05) is 31.1 Å². The fourth-order valence-corrected chi connectivity index (χ4v) is 2.80. The number of carbonyl (C=O) groups excluding carboxylic acids is 2. The molecule has 126 valence electrons. The SMILES string of the molecule is CCOC(=O)CN1CCN(c2ccc(C(C)C)cc2)C(=O)[C@@H]1C. The fraction of sp³-hybridized carbons (Fsp3) is 0.556. The summed E-state index contributed by atoms with van der Waals surface area (Å²) >= 11 is 0. The van der Waals surface area contributed by atoms with E-state index in [1.807, 2.05) is 24.0 Å². The van der Waals surface area contributed by atoms with Gasteiger partial charge in [0.05, 0.1) is 19.2 Å². The predicted octanol–water partition coefficient (Wildman–Crippen LogP) is 2.41. The van der Waals surface area contributed by atoms with Crippen molar-refractivity contribution < 1.29 is 14.3 Å². The summed E-state index contributed by atoms with van der Waals surface area (Å²) in [6, 6.07) is 7.83. The maximum atomic E-state index is 12.6. The Morgan fingerprint density at radius 1 is 1.26 bits per heavy atom. The van der Waals surface area contributed by atoms with E-state index in [2.05, 4.69) is 26.0 Å². The van der Waals surface area contributed by atoms with Crippen LogP contribution in [0.3, 0.4) is 0 Å². The Kier molecular flexibility index (Phi) is 5.77. The molecule has 1 aliphatic rings. The molecular weight excluding hydrogens is 292 g/mol. The topological polar surface area (TPSA) is 49.9 Å². The average molecular weight is 318 g/mol. The summed E-state index contributed by atoms with van der Waals surface area (Å²) < 4.78 is 4.97. The molecule has 1 atom stereocenters. The summed E-state index contributed by atoms with van der Waals surface area (Å²) in [5.74, 6) is 0.222. The molecule has 0 radical (unpaired) electrons. The third-order valence-corrected chi connectivity index (χ3v) is 4.29. The molecule has 0 bridgehead atoms. The number of piperazine rings is 1. The van der Waals surface area contributed by atoms with Crippen LogP contribution in [0.1, 0.15) is 39.2 Å². The van der Waals surface area contributed by atoms with Crippen molar-refractivity contribution >= 4 is 17.6 Å². The van der Waals surface area contributed by atoms with E-state index in [1.165, 1.54) is 5.56 Å². The van der Waals surface area contributed by atoms with Crippen molar-refractivity contribution in [2.45, 2.75) is 39.7 Å². The van der Waals surface area contributed by atoms with E-state index in [1.54, 1.807) is 11.8 Å². The Bertz CT molecular complexity index is 554. The van der Waals surface area contributed by atoms with E-state index in [-0.39, 0.29) is 24.5 Å². The van der Waals surface area contributed by atoms with Gasteiger partial charge in [-0.1, -0.05) is 26.0 Å². The van der Waals surface area contributed by atoms with E-state index in [0.717, 1.165) is 5.69 Å². The highest BCUT2D eigenvalue weighted by molar-refractivity contribution is 5.98. The lowest BCUT2D eigenvalue weighted by Gasteiger charge is -2.38. The number of anilines is 1. The van der Waals surface area contributed by atoms with Crippen LogP contribution in [0.4, 0.5) is 5.69 Å². The number of hydrogen-bond acceptors (Lipinski definition) is 4. The highest BCUT2D eigenvalue weighted by Gasteiger charge is 2.33. The molecule has 1 saturated heterocycles. The first-order valence-corrected chi connectivity index (χ1v) is 8.25. The molecule has 0 unspecified atom stereocenters. The summed E-state index contributed by atoms with van der Waals surface area (Å²) in [4.78, 5) is 27.9. The smallest absolute Gasteiger partial charge is 0.320 e. The third kappa shape index (κ3) is 4.10. The Morgan fingerprint density at radius 2 is 1.91 bits per heavy atom. The van der Waals surface area contributed by atoms with Gasteiger partial charge in [-0.3, -0.25) is 14.5 Å². The van der Waals surface area contributed by atoms with Gasteiger partial charge in [0.1, 0.15) is 0 Å². The van der Waals surface area contributed by atoms with Crippen LogP contribution in [-0.4, -0.2) is 49.1 Å². The lowest BCUT2D eigenvalue weighted by molar-refractivity contribution is -0.145. The summed E-state index contributed by atoms with van der Waals surface area (Å²) in [6.45, 7) is 9.71. The van der Waals surface area contributed by atoms with Gasteiger partial charge in [-0.15, -0.1) is 0 Å². The lowest BCUT2D eigenvalue weighted by Crippen LogP contribution is -2.57. The number of rotatable bonds is 5. The molecular formula is C18H26N2O3. The quantitative estimate of drug-likeness (QED) is 0.782. The molecule has 1 aliphatic heterocycles. The highest BCUT2D eigenvalue weighted by atomic mass is 16.5. The van der Waals surface area contributed by atoms with E-state index in [0.29, 0.717) is 25.6 Å². The van der Waals surface area contributed by atoms with Gasteiger partial charge in [-0.2, -0.15) is 0 Å². The molecule has 2 rings (SSSR count). The maximum absolute atomic E-state index is 12.6. The molecule has 0 aromatic heterocycles. The van der Waals surface area contributed by atoms with Crippen molar-refractivity contribution in [1.82, 2.24) is 4.90 Å². The standard InChI is InChI=1S/C18H26N2O3/c1-5-23-17(21)12-19-10-11-20(18(22)14(19)4)16-8-6-15(7-9-16)13(2)3/h6-9,13-14H,5,10-12H2,1-4H3/t14-/m0/s1. The molecule has 0 aliphatic carbocycles. The van der Waals surface area contributed by atoms with Crippen LogP contribution < -0.4 is 4.90 Å². The summed E-state index contributed by atoms with van der Waals surface area (Å²) in [6.07, 6.45) is 0. The maximum Gasteiger partial charge on any atom is 0.320 e. The summed E-state index contributed by atoms with van der Waals surface area (Å²) in [7, 11) is 0. The molecule has 5 heteroatoms. The lowest BCUT2D eigenvalue weighted by atomic mass is 10.0. The first-order chi connectivity index (χ1) is 10.9. The van der Waals surface area contributed by atoms with Gasteiger partial charge in [-0.05, 0) is 37.5 Å². The van der Waals surface area contributed by atoms with Crippen molar-refractivity contribution in [3.63, 3.8) is 0 Å². The van der Waals surface area contributed by atoms with Crippen LogP contribution in [-0.2, 0) is 14.3 Å². The Morgan fingerprint density at radius 3 is 2.48 bits per heavy atom. The zero-order valence-corrected chi connectivity index (χ0v) is 14.4. The summed E-state index contributed by atoms with van der Waals surface area (Å²) in [5, 5.41) is 0. The molecule has 1 heterocycles. The van der Waals surface area contributed by atoms with Crippen molar-refractivity contribution in [3.05, 3.63) is 29.8 Å². The number of esters is 1. The monoisotopic (exact) mass is 318 g/mol. The predicted molar refractivity (Wildman–Crippen MR) is 90.6 cm³/mol. The second-order valence-corrected chi connectivity index (χ2v) is 6.19. The largest absolute Gasteiger partial charge is 0.465 e. The second-order valence-electron chi connectivity index (χ2n) is 6.19. The Hall–Kier alpha value is -1.88. The van der Waals surface area contributed by atoms with Crippen LogP contribution in [0, 0.1) is 0 Å². The van der Waals surface area contributed by atoms with E-state index >= 15 is 0 Å². The first kappa shape index (κ1) is 17.5. The molecule has 5 nitrogen and oxygen atoms in total. The second kappa shape index (κ2) is 7.59. The van der Waals surface area contributed by atoms with E-state index in [9.17, 15) is 9.59 Å². The van der Waals surface area contributed by atoms with Crippen LogP contribution in [0.15, 0.2) is 24.3 Å². The molecule has 1 fully saturated rings. The molecule has 0 spiro atoms. The minimum Gasteiger partial charge on any atom is -0.465 e. The van der Waals surface area contributed by atoms with Gasteiger partial charge in [0, 0.05) is 18.8 Å². The van der Waals surface area contributed by atoms with Crippen LogP contribution in [0.2, 0.25) is 0 Å². The minimum atomic E-state index is -0.321. The fourth-order valence-electron chi connectivity index (χ4n) is 2.80. The number of ether oxygens (including phenoxy) is 1. The van der Waals surface area contributed by atoms with E-state index in [4.69, 9.17) is 4.74 Å². The zero-order valence-electron chi connectivity index (χ0n) is 14.4. The first-order valence-electron chi connectivity index (χ1n) is 8.25. The summed E-state index contributed by atoms with van der Waals surface area (Å²) in [5.41, 5.74) is 2.18. The van der Waals surface area contributed by atoms with Crippen molar-refractivity contribution in [3.8, 4) is 0 Å². The molecule has 1 aromatic carbocycles. The van der Waals surface area contributed by atoms with Crippen molar-refractivity contribution in [1.29, 1.82) is 0 Å². The molecule has 1 amide bonds. The molecule has 0 N–H and O–H groups in total. The van der Waals surface area contributed by atoms with Gasteiger partial charge in [0.25, 0.3) is 0 Å². The number of amides is 1. The molecule has 23 heavy (non-hydrogen) atoms. The molecule has 1 aromatic rings. The number of benzene rings is 1. The van der Waals surface area contributed by atoms with E-state index < -0.39 is 0 Å². The van der Waals surface area contributed by atoms with Crippen LogP contribution >= 0.6 is 0 Å².